The second kappa shape index (κ2) is 6.75. The Labute approximate surface area is 122 Å². The number of hydrogen-bond donors (Lipinski definition) is 2. The Morgan fingerprint density at radius 1 is 1.15 bits per heavy atom. The normalized spacial score (nSPS) is 16.6. The van der Waals surface area contributed by atoms with E-state index in [0.29, 0.717) is 12.3 Å². The first-order valence-corrected chi connectivity index (χ1v) is 7.46. The third kappa shape index (κ3) is 3.97. The maximum atomic E-state index is 7.28. The Hall–Kier alpha value is -1.55. The van der Waals surface area contributed by atoms with Crippen LogP contribution in [0, 0.1) is 5.41 Å². The first-order valence-electron chi connectivity index (χ1n) is 7.46. The largest absolute Gasteiger partial charge is 0.388 e. The highest BCUT2D eigenvalue weighted by Gasteiger charge is 2.17. The molecule has 0 bridgehead atoms. The minimum Gasteiger partial charge on any atom is -0.388 e. The van der Waals surface area contributed by atoms with Crippen molar-refractivity contribution in [1.29, 1.82) is 5.41 Å². The molecule has 1 aliphatic rings. The van der Waals surface area contributed by atoms with E-state index >= 15 is 0 Å². The molecule has 4 heteroatoms. The molecule has 0 unspecified atom stereocenters. The predicted molar refractivity (Wildman–Crippen MR) is 85.7 cm³/mol. The molecule has 0 amide bonds. The highest BCUT2D eigenvalue weighted by Crippen LogP contribution is 2.21. The van der Waals surface area contributed by atoms with Crippen LogP contribution in [0.5, 0.6) is 0 Å². The molecular weight excluding hydrogens is 248 g/mol. The Kier molecular flexibility index (Phi) is 5.01. The van der Waals surface area contributed by atoms with Crippen molar-refractivity contribution in [1.82, 2.24) is 4.90 Å². The van der Waals surface area contributed by atoms with Gasteiger partial charge in [0.25, 0.3) is 0 Å². The lowest BCUT2D eigenvalue weighted by Gasteiger charge is -2.36. The fourth-order valence-corrected chi connectivity index (χ4v) is 2.58. The fourth-order valence-electron chi connectivity index (χ4n) is 2.58. The average molecular weight is 274 g/mol. The molecule has 0 aliphatic carbocycles. The zero-order valence-electron chi connectivity index (χ0n) is 12.6. The van der Waals surface area contributed by atoms with Crippen molar-refractivity contribution < 1.29 is 0 Å². The van der Waals surface area contributed by atoms with Gasteiger partial charge in [0, 0.05) is 44.8 Å². The minimum atomic E-state index is 0.289. The van der Waals surface area contributed by atoms with Crippen molar-refractivity contribution in [3.8, 4) is 0 Å². The van der Waals surface area contributed by atoms with E-state index in [-0.39, 0.29) is 5.84 Å². The standard InChI is InChI=1S/C16H26N4/c1-13(2)14-3-5-15(6-4-14)20-11-9-19(10-12-20)8-7-16(17)18/h3-6,13H,7-12H2,1-2H3,(H3,17,18). The van der Waals surface area contributed by atoms with E-state index in [1.165, 1.54) is 11.3 Å². The van der Waals surface area contributed by atoms with Gasteiger partial charge < -0.3 is 10.6 Å². The Balaban J connectivity index is 1.85. The molecule has 20 heavy (non-hydrogen) atoms. The molecule has 1 aromatic carbocycles. The summed E-state index contributed by atoms with van der Waals surface area (Å²) in [5.41, 5.74) is 8.13. The average Bonchev–Trinajstić information content (AvgIpc) is 2.46. The van der Waals surface area contributed by atoms with Gasteiger partial charge in [0.15, 0.2) is 0 Å². The van der Waals surface area contributed by atoms with Gasteiger partial charge in [0.1, 0.15) is 0 Å². The van der Waals surface area contributed by atoms with Gasteiger partial charge in [0.05, 0.1) is 5.84 Å². The molecule has 1 aliphatic heterocycles. The molecule has 0 aromatic heterocycles. The monoisotopic (exact) mass is 274 g/mol. The van der Waals surface area contributed by atoms with Crippen LogP contribution in [0.3, 0.4) is 0 Å². The SMILES string of the molecule is CC(C)c1ccc(N2CCN(CCC(=N)N)CC2)cc1. The number of amidine groups is 1. The zero-order chi connectivity index (χ0) is 14.5. The molecule has 0 saturated carbocycles. The predicted octanol–water partition coefficient (Wildman–Crippen LogP) is 2.26. The summed E-state index contributed by atoms with van der Waals surface area (Å²) < 4.78 is 0. The number of nitrogens with one attached hydrogen (secondary N) is 1. The van der Waals surface area contributed by atoms with Crippen molar-refractivity contribution in [3.05, 3.63) is 29.8 Å². The van der Waals surface area contributed by atoms with Crippen molar-refractivity contribution in [2.45, 2.75) is 26.2 Å². The van der Waals surface area contributed by atoms with E-state index in [4.69, 9.17) is 11.1 Å². The summed E-state index contributed by atoms with van der Waals surface area (Å²) in [5, 5.41) is 7.28. The number of anilines is 1. The van der Waals surface area contributed by atoms with E-state index in [1.807, 2.05) is 0 Å². The first-order chi connectivity index (χ1) is 9.56. The lowest BCUT2D eigenvalue weighted by molar-refractivity contribution is 0.264. The van der Waals surface area contributed by atoms with Gasteiger partial charge in [-0.3, -0.25) is 10.3 Å². The van der Waals surface area contributed by atoms with Crippen LogP contribution in [0.2, 0.25) is 0 Å². The summed E-state index contributed by atoms with van der Waals surface area (Å²) in [6.45, 7) is 9.58. The van der Waals surface area contributed by atoms with E-state index < -0.39 is 0 Å². The Morgan fingerprint density at radius 2 is 1.75 bits per heavy atom. The smallest absolute Gasteiger partial charge is 0.0918 e. The third-order valence-corrected chi connectivity index (χ3v) is 3.99. The number of piperazine rings is 1. The number of nitrogens with two attached hydrogens (primary N) is 1. The number of nitrogens with zero attached hydrogens (tertiary/aromatic N) is 2. The maximum absolute atomic E-state index is 7.28. The second-order valence-electron chi connectivity index (χ2n) is 5.85. The third-order valence-electron chi connectivity index (χ3n) is 3.99. The molecule has 0 spiro atoms. The summed E-state index contributed by atoms with van der Waals surface area (Å²) in [7, 11) is 0. The molecule has 2 rings (SSSR count). The van der Waals surface area contributed by atoms with Gasteiger partial charge in [-0.25, -0.2) is 0 Å². The molecular formula is C16H26N4. The fraction of sp³-hybridized carbons (Fsp3) is 0.562. The van der Waals surface area contributed by atoms with Crippen LogP contribution >= 0.6 is 0 Å². The Morgan fingerprint density at radius 3 is 2.25 bits per heavy atom. The van der Waals surface area contributed by atoms with E-state index in [9.17, 15) is 0 Å². The van der Waals surface area contributed by atoms with Gasteiger partial charge >= 0.3 is 0 Å². The van der Waals surface area contributed by atoms with Gasteiger partial charge in [-0.2, -0.15) is 0 Å². The van der Waals surface area contributed by atoms with Crippen molar-refractivity contribution in [3.63, 3.8) is 0 Å². The number of rotatable bonds is 5. The second-order valence-corrected chi connectivity index (χ2v) is 5.85. The first kappa shape index (κ1) is 14.9. The summed E-state index contributed by atoms with van der Waals surface area (Å²) in [4.78, 5) is 4.83. The van der Waals surface area contributed by atoms with Crippen molar-refractivity contribution in [2.75, 3.05) is 37.6 Å². The lowest BCUT2D eigenvalue weighted by atomic mass is 10.0. The van der Waals surface area contributed by atoms with E-state index in [1.54, 1.807) is 0 Å². The number of hydrogen-bond acceptors (Lipinski definition) is 3. The van der Waals surface area contributed by atoms with Crippen molar-refractivity contribution >= 4 is 11.5 Å². The van der Waals surface area contributed by atoms with Gasteiger partial charge in [-0.15, -0.1) is 0 Å². The molecule has 110 valence electrons. The molecule has 3 N–H and O–H groups in total. The highest BCUT2D eigenvalue weighted by molar-refractivity contribution is 5.76. The van der Waals surface area contributed by atoms with Gasteiger partial charge in [-0.05, 0) is 23.6 Å². The minimum absolute atomic E-state index is 0.289. The summed E-state index contributed by atoms with van der Waals surface area (Å²) >= 11 is 0. The summed E-state index contributed by atoms with van der Waals surface area (Å²) in [6, 6.07) is 8.95. The topological polar surface area (TPSA) is 56.4 Å². The summed E-state index contributed by atoms with van der Waals surface area (Å²) in [5.74, 6) is 0.879. The highest BCUT2D eigenvalue weighted by atomic mass is 15.3. The number of benzene rings is 1. The molecule has 4 nitrogen and oxygen atoms in total. The molecule has 1 fully saturated rings. The zero-order valence-corrected chi connectivity index (χ0v) is 12.6. The van der Waals surface area contributed by atoms with Crippen LogP contribution in [-0.4, -0.2) is 43.5 Å². The van der Waals surface area contributed by atoms with Crippen LogP contribution in [0.25, 0.3) is 0 Å². The molecule has 0 atom stereocenters. The van der Waals surface area contributed by atoms with Crippen LogP contribution in [0.4, 0.5) is 5.69 Å². The van der Waals surface area contributed by atoms with Crippen LogP contribution in [-0.2, 0) is 0 Å². The molecule has 0 radical (unpaired) electrons. The summed E-state index contributed by atoms with van der Waals surface area (Å²) in [6.07, 6.45) is 0.684. The molecule has 1 aromatic rings. The Bertz CT molecular complexity index is 430. The lowest BCUT2D eigenvalue weighted by Crippen LogP contribution is -2.47. The molecule has 1 heterocycles. The van der Waals surface area contributed by atoms with Crippen LogP contribution in [0.15, 0.2) is 24.3 Å². The quantitative estimate of drug-likeness (QED) is 0.639. The van der Waals surface area contributed by atoms with Gasteiger partial charge in [0.2, 0.25) is 0 Å². The van der Waals surface area contributed by atoms with E-state index in [2.05, 4.69) is 47.9 Å². The molecule has 1 saturated heterocycles. The van der Waals surface area contributed by atoms with Gasteiger partial charge in [-0.1, -0.05) is 26.0 Å². The maximum Gasteiger partial charge on any atom is 0.0918 e. The van der Waals surface area contributed by atoms with Crippen molar-refractivity contribution in [2.24, 2.45) is 5.73 Å². The van der Waals surface area contributed by atoms with Crippen LogP contribution in [0.1, 0.15) is 31.7 Å². The van der Waals surface area contributed by atoms with Crippen LogP contribution < -0.4 is 10.6 Å². The van der Waals surface area contributed by atoms with E-state index in [0.717, 1.165) is 32.7 Å².